The van der Waals surface area contributed by atoms with Crippen LogP contribution in [0.4, 0.5) is 0 Å². The van der Waals surface area contributed by atoms with Gasteiger partial charge in [0.2, 0.25) is 0 Å². The van der Waals surface area contributed by atoms with Crippen molar-refractivity contribution in [2.45, 2.75) is 25.9 Å². The number of morpholine rings is 1. The Morgan fingerprint density at radius 3 is 2.81 bits per heavy atom. The summed E-state index contributed by atoms with van der Waals surface area (Å²) in [4.78, 5) is 9.77. The smallest absolute Gasteiger partial charge is 0.194 e. The third-order valence-electron chi connectivity index (χ3n) is 5.01. The van der Waals surface area contributed by atoms with Crippen LogP contribution in [0.3, 0.4) is 0 Å². The summed E-state index contributed by atoms with van der Waals surface area (Å²) in [5.74, 6) is 1.75. The first-order valence-electron chi connectivity index (χ1n) is 9.38. The van der Waals surface area contributed by atoms with E-state index in [-0.39, 0.29) is 24.0 Å². The van der Waals surface area contributed by atoms with E-state index in [4.69, 9.17) is 26.1 Å². The lowest BCUT2D eigenvalue weighted by Crippen LogP contribution is -2.46. The van der Waals surface area contributed by atoms with Gasteiger partial charge in [-0.15, -0.1) is 24.0 Å². The van der Waals surface area contributed by atoms with Crippen molar-refractivity contribution in [2.75, 3.05) is 53.0 Å². The lowest BCUT2D eigenvalue weighted by molar-refractivity contribution is 0.0195. The molecule has 2 aliphatic rings. The molecule has 8 heteroatoms. The van der Waals surface area contributed by atoms with Crippen LogP contribution in [0.5, 0.6) is 5.75 Å². The number of likely N-dealkylation sites (tertiary alicyclic amines) is 1. The lowest BCUT2D eigenvalue weighted by atomic mass is 10.2. The van der Waals surface area contributed by atoms with E-state index >= 15 is 0 Å². The summed E-state index contributed by atoms with van der Waals surface area (Å²) in [6.07, 6.45) is 1.18. The Morgan fingerprint density at radius 1 is 1.33 bits per heavy atom. The molecule has 0 saturated carbocycles. The quantitative estimate of drug-likeness (QED) is 0.377. The zero-order chi connectivity index (χ0) is 18.4. The van der Waals surface area contributed by atoms with Gasteiger partial charge in [-0.25, -0.2) is 4.99 Å². The van der Waals surface area contributed by atoms with Gasteiger partial charge in [-0.1, -0.05) is 17.7 Å². The second kappa shape index (κ2) is 11.3. The first kappa shape index (κ1) is 22.5. The molecule has 2 heterocycles. The lowest BCUT2D eigenvalue weighted by Gasteiger charge is -2.32. The largest absolute Gasteiger partial charge is 0.496 e. The van der Waals surface area contributed by atoms with Gasteiger partial charge in [-0.3, -0.25) is 4.90 Å². The molecule has 2 fully saturated rings. The highest BCUT2D eigenvalue weighted by atomic mass is 127. The van der Waals surface area contributed by atoms with E-state index in [1.807, 2.05) is 18.2 Å². The molecule has 0 radical (unpaired) electrons. The number of hydrogen-bond donors (Lipinski definition) is 1. The van der Waals surface area contributed by atoms with Gasteiger partial charge >= 0.3 is 0 Å². The van der Waals surface area contributed by atoms with E-state index in [2.05, 4.69) is 22.0 Å². The van der Waals surface area contributed by atoms with E-state index < -0.39 is 0 Å². The second-order valence-electron chi connectivity index (χ2n) is 6.66. The van der Waals surface area contributed by atoms with Gasteiger partial charge < -0.3 is 19.7 Å². The molecule has 0 aliphatic carbocycles. The van der Waals surface area contributed by atoms with Crippen LogP contribution in [-0.2, 0) is 11.3 Å². The number of guanidine groups is 1. The van der Waals surface area contributed by atoms with Gasteiger partial charge in [0.1, 0.15) is 5.75 Å². The number of halogens is 2. The predicted molar refractivity (Wildman–Crippen MR) is 121 cm³/mol. The van der Waals surface area contributed by atoms with Crippen LogP contribution >= 0.6 is 35.6 Å². The maximum absolute atomic E-state index is 6.05. The van der Waals surface area contributed by atoms with Crippen molar-refractivity contribution in [3.63, 3.8) is 0 Å². The number of methoxy groups -OCH3 is 1. The fraction of sp³-hybridized carbons (Fsp3) is 0.632. The molecule has 0 bridgehead atoms. The third-order valence-corrected chi connectivity index (χ3v) is 5.24. The number of ether oxygens (including phenoxy) is 2. The molecule has 1 aromatic carbocycles. The molecular weight excluding hydrogens is 479 g/mol. The highest BCUT2D eigenvalue weighted by Crippen LogP contribution is 2.24. The van der Waals surface area contributed by atoms with Crippen LogP contribution in [0.15, 0.2) is 23.2 Å². The van der Waals surface area contributed by atoms with Gasteiger partial charge in [0.05, 0.1) is 26.9 Å². The summed E-state index contributed by atoms with van der Waals surface area (Å²) in [5, 5.41) is 4.11. The molecule has 0 aromatic heterocycles. The molecule has 1 atom stereocenters. The minimum atomic E-state index is 0. The third kappa shape index (κ3) is 6.10. The van der Waals surface area contributed by atoms with Gasteiger partial charge in [-0.2, -0.15) is 0 Å². The SMILES string of the molecule is CCNC(=NCc1ccc(Cl)cc1OC)N1CCC(N2CCOCC2)C1.I. The molecule has 1 unspecified atom stereocenters. The van der Waals surface area contributed by atoms with Crippen molar-refractivity contribution in [1.29, 1.82) is 0 Å². The summed E-state index contributed by atoms with van der Waals surface area (Å²) in [5.41, 5.74) is 1.04. The predicted octanol–water partition coefficient (Wildman–Crippen LogP) is 2.84. The normalized spacial score (nSPS) is 21.1. The molecule has 6 nitrogen and oxygen atoms in total. The molecule has 1 N–H and O–H groups in total. The summed E-state index contributed by atoms with van der Waals surface area (Å²) in [6, 6.07) is 6.29. The Hall–Kier alpha value is -0.770. The Morgan fingerprint density at radius 2 is 2.11 bits per heavy atom. The van der Waals surface area contributed by atoms with E-state index in [9.17, 15) is 0 Å². The Balaban J connectivity index is 0.00000261. The summed E-state index contributed by atoms with van der Waals surface area (Å²) < 4.78 is 10.9. The van der Waals surface area contributed by atoms with Crippen molar-refractivity contribution in [3.8, 4) is 5.75 Å². The summed E-state index contributed by atoms with van der Waals surface area (Å²) in [7, 11) is 1.66. The van der Waals surface area contributed by atoms with Gasteiger partial charge in [0.15, 0.2) is 5.96 Å². The minimum absolute atomic E-state index is 0. The standard InChI is InChI=1S/C19H29ClN4O2.HI/c1-3-21-19(22-13-15-4-5-16(20)12-18(15)25-2)24-7-6-17(14-24)23-8-10-26-11-9-23;/h4-5,12,17H,3,6-11,13-14H2,1-2H3,(H,21,22);1H. The maximum atomic E-state index is 6.05. The van der Waals surface area contributed by atoms with E-state index in [1.165, 1.54) is 6.42 Å². The highest BCUT2D eigenvalue weighted by molar-refractivity contribution is 14.0. The molecule has 0 spiro atoms. The number of benzene rings is 1. The number of nitrogens with zero attached hydrogens (tertiary/aromatic N) is 3. The van der Waals surface area contributed by atoms with Crippen molar-refractivity contribution >= 4 is 41.5 Å². The van der Waals surface area contributed by atoms with Gasteiger partial charge in [0.25, 0.3) is 0 Å². The van der Waals surface area contributed by atoms with Gasteiger partial charge in [0, 0.05) is 49.4 Å². The topological polar surface area (TPSA) is 49.3 Å². The average Bonchev–Trinajstić information content (AvgIpc) is 3.16. The van der Waals surface area contributed by atoms with Gasteiger partial charge in [-0.05, 0) is 25.5 Å². The summed E-state index contributed by atoms with van der Waals surface area (Å²) in [6.45, 7) is 9.35. The Kier molecular flexibility index (Phi) is 9.41. The van der Waals surface area contributed by atoms with Crippen molar-refractivity contribution in [3.05, 3.63) is 28.8 Å². The molecule has 27 heavy (non-hydrogen) atoms. The molecule has 0 amide bonds. The average molecular weight is 509 g/mol. The molecule has 2 aliphatic heterocycles. The van der Waals surface area contributed by atoms with Crippen LogP contribution in [0.25, 0.3) is 0 Å². The van der Waals surface area contributed by atoms with Crippen molar-refractivity contribution in [1.82, 2.24) is 15.1 Å². The van der Waals surface area contributed by atoms with E-state index in [1.54, 1.807) is 7.11 Å². The second-order valence-corrected chi connectivity index (χ2v) is 7.10. The monoisotopic (exact) mass is 508 g/mol. The van der Waals surface area contributed by atoms with Crippen LogP contribution in [0.2, 0.25) is 5.02 Å². The molecule has 1 aromatic rings. The summed E-state index contributed by atoms with van der Waals surface area (Å²) >= 11 is 6.05. The molecule has 152 valence electrons. The fourth-order valence-corrected chi connectivity index (χ4v) is 3.77. The van der Waals surface area contributed by atoms with Crippen LogP contribution in [-0.4, -0.2) is 74.8 Å². The number of rotatable bonds is 5. The zero-order valence-electron chi connectivity index (χ0n) is 16.1. The maximum Gasteiger partial charge on any atom is 0.194 e. The number of hydrogen-bond acceptors (Lipinski definition) is 4. The highest BCUT2D eigenvalue weighted by Gasteiger charge is 2.30. The van der Waals surface area contributed by atoms with Crippen LogP contribution in [0.1, 0.15) is 18.9 Å². The number of nitrogens with one attached hydrogen (secondary N) is 1. The zero-order valence-corrected chi connectivity index (χ0v) is 19.2. The van der Waals surface area contributed by atoms with E-state index in [0.29, 0.717) is 17.6 Å². The van der Waals surface area contributed by atoms with Crippen molar-refractivity contribution in [2.24, 2.45) is 4.99 Å². The molecule has 3 rings (SSSR count). The minimum Gasteiger partial charge on any atom is -0.496 e. The van der Waals surface area contributed by atoms with E-state index in [0.717, 1.165) is 63.2 Å². The molecule has 2 saturated heterocycles. The van der Waals surface area contributed by atoms with Crippen molar-refractivity contribution < 1.29 is 9.47 Å². The Labute approximate surface area is 184 Å². The fourth-order valence-electron chi connectivity index (χ4n) is 3.61. The van der Waals surface area contributed by atoms with Crippen LogP contribution < -0.4 is 10.1 Å². The van der Waals surface area contributed by atoms with Crippen LogP contribution in [0, 0.1) is 0 Å². The number of aliphatic imine (C=N–C) groups is 1. The first-order chi connectivity index (χ1) is 12.7. The molecular formula is C19H30ClIN4O2. The first-order valence-corrected chi connectivity index (χ1v) is 9.76. The Bertz CT molecular complexity index is 626.